The Labute approximate surface area is 346 Å². The van der Waals surface area contributed by atoms with Crippen molar-refractivity contribution in [3.05, 3.63) is 138 Å². The second-order valence-electron chi connectivity index (χ2n) is 14.2. The van der Waals surface area contributed by atoms with E-state index in [9.17, 15) is 0 Å². The van der Waals surface area contributed by atoms with Crippen molar-refractivity contribution in [1.29, 1.82) is 0 Å². The molecule has 0 saturated heterocycles. The fourth-order valence-electron chi connectivity index (χ4n) is 7.88. The predicted molar refractivity (Wildman–Crippen MR) is 250 cm³/mol. The summed E-state index contributed by atoms with van der Waals surface area (Å²) in [5.74, 6) is 0.863. The Balaban J connectivity index is 1.25. The van der Waals surface area contributed by atoms with Crippen LogP contribution < -0.4 is 49.4 Å². The molecule has 0 aliphatic rings. The van der Waals surface area contributed by atoms with Gasteiger partial charge in [0.05, 0.1) is 12.2 Å². The summed E-state index contributed by atoms with van der Waals surface area (Å²) in [5.41, 5.74) is 16.1. The Morgan fingerprint density at radius 2 is 1.19 bits per heavy atom. The van der Waals surface area contributed by atoms with Gasteiger partial charge in [0.2, 0.25) is 0 Å². The molecule has 2 heterocycles. The minimum absolute atomic E-state index is 0.286. The Morgan fingerprint density at radius 3 is 1.83 bits per heavy atom. The van der Waals surface area contributed by atoms with Gasteiger partial charge in [0.1, 0.15) is 79.8 Å². The lowest BCUT2D eigenvalue weighted by Crippen LogP contribution is -2.33. The second-order valence-corrected chi connectivity index (χ2v) is 14.2. The minimum atomic E-state index is 0.286. The first kappa shape index (κ1) is 37.4. The van der Waals surface area contributed by atoms with Gasteiger partial charge in [-0.05, 0) is 51.7 Å². The highest BCUT2D eigenvalue weighted by atomic mass is 16.3. The fourth-order valence-corrected chi connectivity index (χ4v) is 7.88. The normalized spacial score (nSPS) is 12.3. The van der Waals surface area contributed by atoms with Gasteiger partial charge in [0.15, 0.2) is 5.84 Å². The Hall–Kier alpha value is -6.20. The fraction of sp³-hybridized carbons (Fsp3) is 0.0222. The molecule has 0 atom stereocenters. The third-order valence-electron chi connectivity index (χ3n) is 10.5. The zero-order chi connectivity index (χ0) is 40.4. The van der Waals surface area contributed by atoms with Crippen molar-refractivity contribution in [2.75, 3.05) is 0 Å². The van der Waals surface area contributed by atoms with E-state index < -0.39 is 0 Å². The number of aromatic nitrogens is 1. The van der Waals surface area contributed by atoms with Crippen molar-refractivity contribution < 1.29 is 4.42 Å². The maximum absolute atomic E-state index is 6.90. The third-order valence-corrected chi connectivity index (χ3v) is 10.5. The molecule has 0 saturated carbocycles. The Morgan fingerprint density at radius 1 is 0.569 bits per heavy atom. The van der Waals surface area contributed by atoms with Gasteiger partial charge in [0.25, 0.3) is 0 Å². The molecule has 0 aliphatic carbocycles. The van der Waals surface area contributed by atoms with E-state index in [1.54, 1.807) is 18.2 Å². The van der Waals surface area contributed by atoms with E-state index in [1.165, 1.54) is 0 Å². The second kappa shape index (κ2) is 14.6. The molecule has 0 unspecified atom stereocenters. The lowest BCUT2D eigenvalue weighted by molar-refractivity contribution is 0.668. The number of aliphatic imine (C=N–C) groups is 2. The highest BCUT2D eigenvalue weighted by Crippen LogP contribution is 2.37. The van der Waals surface area contributed by atoms with Crippen LogP contribution in [0.3, 0.4) is 0 Å². The number of nitrogens with zero attached hydrogens (tertiary/aromatic N) is 3. The van der Waals surface area contributed by atoms with Crippen molar-refractivity contribution in [2.24, 2.45) is 15.7 Å². The summed E-state index contributed by atoms with van der Waals surface area (Å²) in [7, 11) is 52.9. The van der Waals surface area contributed by atoms with Crippen LogP contribution >= 0.6 is 0 Å². The van der Waals surface area contributed by atoms with Crippen molar-refractivity contribution in [1.82, 2.24) is 4.57 Å². The van der Waals surface area contributed by atoms with Crippen LogP contribution in [-0.4, -0.2) is 79.0 Å². The van der Waals surface area contributed by atoms with Crippen LogP contribution in [0.4, 0.5) is 0 Å². The van der Waals surface area contributed by atoms with Gasteiger partial charge in [-0.25, -0.2) is 4.99 Å². The molecule has 0 spiro atoms. The summed E-state index contributed by atoms with van der Waals surface area (Å²) in [6.07, 6.45) is 0. The first-order chi connectivity index (χ1) is 28.0. The van der Waals surface area contributed by atoms with Gasteiger partial charge in [-0.15, -0.1) is 10.9 Å². The molecule has 0 fully saturated rings. The Bertz CT molecular complexity index is 3120. The molecule has 0 amide bonds. The van der Waals surface area contributed by atoms with E-state index in [-0.39, 0.29) is 28.4 Å². The van der Waals surface area contributed by atoms with E-state index in [4.69, 9.17) is 82.9 Å². The number of amidine groups is 2. The molecule has 9 rings (SSSR count). The largest absolute Gasteiger partial charge is 0.456 e. The third kappa shape index (κ3) is 6.25. The monoisotopic (exact) mass is 724 g/mol. The van der Waals surface area contributed by atoms with E-state index in [1.807, 2.05) is 108 Å². The Kier molecular flexibility index (Phi) is 9.43. The molecule has 2 N–H and O–H groups in total. The minimum Gasteiger partial charge on any atom is -0.456 e. The van der Waals surface area contributed by atoms with Gasteiger partial charge in [-0.1, -0.05) is 130 Å². The lowest BCUT2D eigenvalue weighted by Gasteiger charge is -2.20. The van der Waals surface area contributed by atoms with E-state index in [0.29, 0.717) is 77.7 Å². The number of benzene rings is 7. The number of nitrogens with two attached hydrogens (primary N) is 1. The first-order valence-electron chi connectivity index (χ1n) is 18.4. The smallest absolute Gasteiger partial charge is 0.157 e. The van der Waals surface area contributed by atoms with E-state index in [0.717, 1.165) is 33.0 Å². The molecular formula is C45H24B8N4O. The van der Waals surface area contributed by atoms with E-state index >= 15 is 0 Å². The molecular weight excluding hydrogens is 699 g/mol. The quantitative estimate of drug-likeness (QED) is 0.159. The molecule has 58 heavy (non-hydrogen) atoms. The summed E-state index contributed by atoms with van der Waals surface area (Å²) in [4.78, 5) is 9.82. The van der Waals surface area contributed by atoms with Crippen molar-refractivity contribution in [3.63, 3.8) is 0 Å². The molecule has 13 heteroatoms. The van der Waals surface area contributed by atoms with Crippen LogP contribution in [0, 0.1) is 0 Å². The summed E-state index contributed by atoms with van der Waals surface area (Å²) >= 11 is 0. The van der Waals surface area contributed by atoms with Crippen LogP contribution in [0.5, 0.6) is 0 Å². The number of fused-ring (bicyclic) bond motifs is 6. The van der Waals surface area contributed by atoms with Crippen LogP contribution in [-0.2, 0) is 6.54 Å². The van der Waals surface area contributed by atoms with Crippen molar-refractivity contribution in [2.45, 2.75) is 6.54 Å². The molecule has 2 aromatic heterocycles. The SMILES string of the molecule is [B]c1cc([B])c(-c2ccc3oc4cccc(CN=C(N=C(N)c5ccccc5)c5ccccc5)c4c3c2)c(-n2c3c([B])cc([B])c([B])c3c3c([B])c([B])cc([B])c32)c1. The molecule has 254 valence electrons. The number of hydrogen-bond acceptors (Lipinski definition) is 2. The summed E-state index contributed by atoms with van der Waals surface area (Å²) in [6.45, 7) is 0.288. The lowest BCUT2D eigenvalue weighted by atomic mass is 9.71. The van der Waals surface area contributed by atoms with Gasteiger partial charge < -0.3 is 14.7 Å². The molecule has 0 bridgehead atoms. The molecule has 7 aromatic carbocycles. The predicted octanol–water partition coefficient (Wildman–Crippen LogP) is 1.05. The van der Waals surface area contributed by atoms with Gasteiger partial charge in [-0.2, -0.15) is 0 Å². The summed E-state index contributed by atoms with van der Waals surface area (Å²) in [5, 5.41) is 2.77. The average Bonchev–Trinajstić information content (AvgIpc) is 3.78. The highest BCUT2D eigenvalue weighted by Gasteiger charge is 2.23. The average molecular weight is 723 g/mol. The van der Waals surface area contributed by atoms with Gasteiger partial charge in [0, 0.05) is 32.9 Å². The van der Waals surface area contributed by atoms with Crippen LogP contribution in [0.2, 0.25) is 0 Å². The molecule has 5 nitrogen and oxygen atoms in total. The van der Waals surface area contributed by atoms with Crippen LogP contribution in [0.25, 0.3) is 60.6 Å². The van der Waals surface area contributed by atoms with Crippen molar-refractivity contribution >= 4 is 162 Å². The van der Waals surface area contributed by atoms with E-state index in [2.05, 4.69) is 0 Å². The maximum atomic E-state index is 6.90. The number of furan rings is 1. The first-order valence-corrected chi connectivity index (χ1v) is 18.4. The van der Waals surface area contributed by atoms with Gasteiger partial charge >= 0.3 is 0 Å². The van der Waals surface area contributed by atoms with Crippen LogP contribution in [0.1, 0.15) is 16.7 Å². The zero-order valence-electron chi connectivity index (χ0n) is 31.2. The molecule has 9 aromatic rings. The zero-order valence-corrected chi connectivity index (χ0v) is 31.2. The van der Waals surface area contributed by atoms with Crippen molar-refractivity contribution in [3.8, 4) is 16.8 Å². The maximum Gasteiger partial charge on any atom is 0.157 e. The number of hydrogen-bond donors (Lipinski definition) is 1. The topological polar surface area (TPSA) is 68.8 Å². The summed E-state index contributed by atoms with van der Waals surface area (Å²) in [6, 6.07) is 37.9. The standard InChI is InChI=1S/C45H24B8N4O/c46-26-17-28(47)37(33(18-26)57-42-31(50)19-29(48)40(52)38(42)39-41(53)30(49)20-32(51)43(39)57)24-14-15-34-27(16-24)36-25(12-7-13-35(36)58-34)21-55-45(23-10-5-2-6-11-23)56-44(54)22-8-3-1-4-9-22/h1-20H,21H2,(H2,54,55,56). The number of rotatable bonds is 6. The summed E-state index contributed by atoms with van der Waals surface area (Å²) < 4.78 is 8.29. The molecule has 16 radical (unpaired) electrons. The van der Waals surface area contributed by atoms with Gasteiger partial charge in [-0.3, -0.25) is 4.99 Å². The van der Waals surface area contributed by atoms with Crippen LogP contribution in [0.15, 0.2) is 136 Å². The highest BCUT2D eigenvalue weighted by molar-refractivity contribution is 6.62. The molecule has 0 aliphatic heterocycles.